The minimum absolute atomic E-state index is 0.253. The minimum Gasteiger partial charge on any atom is -0.497 e. The van der Waals surface area contributed by atoms with E-state index in [-0.39, 0.29) is 6.10 Å². The van der Waals surface area contributed by atoms with Crippen LogP contribution in [0.1, 0.15) is 38.5 Å². The number of piperidine rings is 2. The lowest BCUT2D eigenvalue weighted by atomic mass is 9.72. The quantitative estimate of drug-likeness (QED) is 0.702. The van der Waals surface area contributed by atoms with Gasteiger partial charge < -0.3 is 19.1 Å². The topological polar surface area (TPSA) is 51.2 Å². The molecule has 3 heterocycles. The van der Waals surface area contributed by atoms with Gasteiger partial charge in [0.25, 0.3) is 0 Å². The number of nitrogens with zero attached hydrogens (tertiary/aromatic N) is 2. The van der Waals surface area contributed by atoms with E-state index in [1.807, 2.05) is 24.3 Å². The number of hydrogen-bond donors (Lipinski definition) is 0. The molecule has 4 rings (SSSR count). The van der Waals surface area contributed by atoms with Crippen molar-refractivity contribution in [2.45, 2.75) is 44.6 Å². The van der Waals surface area contributed by atoms with Crippen molar-refractivity contribution in [1.82, 2.24) is 9.80 Å². The van der Waals surface area contributed by atoms with E-state index in [1.165, 1.54) is 12.8 Å². The Balaban J connectivity index is 1.22. The molecule has 0 N–H and O–H groups in total. The standard InChI is InChI=1S/C23H34N2O4/c1-27-19-4-2-5-20(16-19)29-15-13-24-11-9-23(10-12-24)8-7-22(26)25(18-23)17-21-6-3-14-28-21/h2,4-5,16,21H,3,6-15,17-18H2,1H3/t21-/m0/s1. The van der Waals surface area contributed by atoms with Crippen LogP contribution in [-0.4, -0.2) is 74.9 Å². The molecule has 3 fully saturated rings. The third-order valence-electron chi connectivity index (χ3n) is 6.83. The first-order valence-corrected chi connectivity index (χ1v) is 11.0. The van der Waals surface area contributed by atoms with Crippen LogP contribution in [0.2, 0.25) is 0 Å². The lowest BCUT2D eigenvalue weighted by Gasteiger charge is -2.47. The van der Waals surface area contributed by atoms with Gasteiger partial charge in [-0.3, -0.25) is 9.69 Å². The molecule has 3 aliphatic heterocycles. The third kappa shape index (κ3) is 5.23. The van der Waals surface area contributed by atoms with Crippen LogP contribution >= 0.6 is 0 Å². The summed E-state index contributed by atoms with van der Waals surface area (Å²) in [4.78, 5) is 17.0. The Morgan fingerprint density at radius 3 is 2.79 bits per heavy atom. The van der Waals surface area contributed by atoms with E-state index in [2.05, 4.69) is 9.80 Å². The Morgan fingerprint density at radius 1 is 1.21 bits per heavy atom. The molecule has 1 aromatic rings. The van der Waals surface area contributed by atoms with E-state index < -0.39 is 0 Å². The molecular formula is C23H34N2O4. The van der Waals surface area contributed by atoms with E-state index in [1.54, 1.807) is 7.11 Å². The Hall–Kier alpha value is -1.79. The summed E-state index contributed by atoms with van der Waals surface area (Å²) in [6.07, 6.45) is 6.56. The first-order valence-electron chi connectivity index (χ1n) is 11.0. The number of rotatable bonds is 7. The first kappa shape index (κ1) is 20.5. The molecule has 0 aromatic heterocycles. The number of benzene rings is 1. The fourth-order valence-electron chi connectivity index (χ4n) is 4.95. The van der Waals surface area contributed by atoms with Crippen LogP contribution in [0.15, 0.2) is 24.3 Å². The van der Waals surface area contributed by atoms with Gasteiger partial charge in [0, 0.05) is 38.7 Å². The van der Waals surface area contributed by atoms with Crippen molar-refractivity contribution in [2.24, 2.45) is 5.41 Å². The number of amides is 1. The van der Waals surface area contributed by atoms with E-state index in [4.69, 9.17) is 14.2 Å². The van der Waals surface area contributed by atoms with Gasteiger partial charge in [-0.1, -0.05) is 6.07 Å². The van der Waals surface area contributed by atoms with Gasteiger partial charge in [0.15, 0.2) is 0 Å². The Kier molecular flexibility index (Phi) is 6.60. The predicted molar refractivity (Wildman–Crippen MR) is 111 cm³/mol. The summed E-state index contributed by atoms with van der Waals surface area (Å²) in [5.41, 5.74) is 0.302. The van der Waals surface area contributed by atoms with E-state index in [0.717, 1.165) is 70.1 Å². The number of carbonyl (C=O) groups excluding carboxylic acids is 1. The average Bonchev–Trinajstić information content (AvgIpc) is 3.26. The maximum Gasteiger partial charge on any atom is 0.222 e. The van der Waals surface area contributed by atoms with Crippen molar-refractivity contribution in [3.05, 3.63) is 24.3 Å². The smallest absolute Gasteiger partial charge is 0.222 e. The van der Waals surface area contributed by atoms with Crippen molar-refractivity contribution < 1.29 is 19.0 Å². The molecule has 1 atom stereocenters. The Labute approximate surface area is 174 Å². The molecule has 3 saturated heterocycles. The summed E-state index contributed by atoms with van der Waals surface area (Å²) >= 11 is 0. The van der Waals surface area contributed by atoms with Crippen LogP contribution in [0.5, 0.6) is 11.5 Å². The molecule has 1 aromatic carbocycles. The summed E-state index contributed by atoms with van der Waals surface area (Å²) in [6.45, 7) is 6.35. The molecule has 3 aliphatic rings. The zero-order valence-electron chi connectivity index (χ0n) is 17.6. The molecule has 29 heavy (non-hydrogen) atoms. The maximum absolute atomic E-state index is 12.4. The van der Waals surface area contributed by atoms with Gasteiger partial charge in [-0.05, 0) is 62.7 Å². The van der Waals surface area contributed by atoms with Gasteiger partial charge in [0.1, 0.15) is 18.1 Å². The molecule has 0 saturated carbocycles. The minimum atomic E-state index is 0.253. The predicted octanol–water partition coefficient (Wildman–Crippen LogP) is 2.96. The van der Waals surface area contributed by atoms with Crippen LogP contribution < -0.4 is 9.47 Å². The van der Waals surface area contributed by atoms with E-state index in [0.29, 0.717) is 24.3 Å². The highest BCUT2D eigenvalue weighted by atomic mass is 16.5. The normalized spacial score (nSPS) is 24.8. The molecule has 6 nitrogen and oxygen atoms in total. The van der Waals surface area contributed by atoms with Gasteiger partial charge in [-0.2, -0.15) is 0 Å². The largest absolute Gasteiger partial charge is 0.497 e. The first-order chi connectivity index (χ1) is 14.2. The molecule has 6 heteroatoms. The second-order valence-corrected chi connectivity index (χ2v) is 8.78. The van der Waals surface area contributed by atoms with Crippen LogP contribution in [0.3, 0.4) is 0 Å². The van der Waals surface area contributed by atoms with E-state index in [9.17, 15) is 4.79 Å². The second-order valence-electron chi connectivity index (χ2n) is 8.78. The number of ether oxygens (including phenoxy) is 3. The second kappa shape index (κ2) is 9.35. The Bertz CT molecular complexity index is 681. The molecular weight excluding hydrogens is 368 g/mol. The summed E-state index contributed by atoms with van der Waals surface area (Å²) in [6, 6.07) is 7.77. The fourth-order valence-corrected chi connectivity index (χ4v) is 4.95. The van der Waals surface area contributed by atoms with Gasteiger partial charge in [-0.15, -0.1) is 0 Å². The molecule has 160 valence electrons. The lowest BCUT2D eigenvalue weighted by molar-refractivity contribution is -0.141. The summed E-state index contributed by atoms with van der Waals surface area (Å²) in [5.74, 6) is 2.00. The average molecular weight is 403 g/mol. The van der Waals surface area contributed by atoms with Crippen molar-refractivity contribution in [3.8, 4) is 11.5 Å². The highest BCUT2D eigenvalue weighted by molar-refractivity contribution is 5.77. The molecule has 1 amide bonds. The SMILES string of the molecule is COc1cccc(OCCN2CCC3(CCC(=O)N(C[C@@H]4CCCO4)C3)CC2)c1. The van der Waals surface area contributed by atoms with E-state index >= 15 is 0 Å². The summed E-state index contributed by atoms with van der Waals surface area (Å²) in [7, 11) is 1.67. The summed E-state index contributed by atoms with van der Waals surface area (Å²) < 4.78 is 16.9. The van der Waals surface area contributed by atoms with Crippen molar-refractivity contribution >= 4 is 5.91 Å². The number of likely N-dealkylation sites (tertiary alicyclic amines) is 2. The van der Waals surface area contributed by atoms with Gasteiger partial charge >= 0.3 is 0 Å². The molecule has 0 unspecified atom stereocenters. The maximum atomic E-state index is 12.4. The zero-order valence-corrected chi connectivity index (χ0v) is 17.6. The third-order valence-corrected chi connectivity index (χ3v) is 6.83. The van der Waals surface area contributed by atoms with Gasteiger partial charge in [-0.25, -0.2) is 0 Å². The summed E-state index contributed by atoms with van der Waals surface area (Å²) in [5, 5.41) is 0. The van der Waals surface area contributed by atoms with Crippen molar-refractivity contribution in [3.63, 3.8) is 0 Å². The number of carbonyl (C=O) groups is 1. The zero-order chi connectivity index (χ0) is 20.1. The molecule has 0 radical (unpaired) electrons. The monoisotopic (exact) mass is 402 g/mol. The fraction of sp³-hybridized carbons (Fsp3) is 0.696. The van der Waals surface area contributed by atoms with Gasteiger partial charge in [0.05, 0.1) is 13.2 Å². The number of methoxy groups -OCH3 is 1. The van der Waals surface area contributed by atoms with Gasteiger partial charge in [0.2, 0.25) is 5.91 Å². The highest BCUT2D eigenvalue weighted by Gasteiger charge is 2.41. The Morgan fingerprint density at radius 2 is 2.03 bits per heavy atom. The molecule has 1 spiro atoms. The van der Waals surface area contributed by atoms with Crippen molar-refractivity contribution in [1.29, 1.82) is 0 Å². The molecule has 0 bridgehead atoms. The van der Waals surface area contributed by atoms with Crippen LogP contribution in [0, 0.1) is 5.41 Å². The van der Waals surface area contributed by atoms with Crippen molar-refractivity contribution in [2.75, 3.05) is 53.0 Å². The molecule has 0 aliphatic carbocycles. The highest BCUT2D eigenvalue weighted by Crippen LogP contribution is 2.40. The lowest BCUT2D eigenvalue weighted by Crippen LogP contribution is -2.53. The van der Waals surface area contributed by atoms with Crippen LogP contribution in [-0.2, 0) is 9.53 Å². The van der Waals surface area contributed by atoms with Crippen LogP contribution in [0.25, 0.3) is 0 Å². The van der Waals surface area contributed by atoms with Crippen LogP contribution in [0.4, 0.5) is 0 Å². The number of hydrogen-bond acceptors (Lipinski definition) is 5.